The number of hydrogen-bond acceptors (Lipinski definition) is 3. The summed E-state index contributed by atoms with van der Waals surface area (Å²) in [5.41, 5.74) is -0.344. The highest BCUT2D eigenvalue weighted by molar-refractivity contribution is 7.99. The Hall–Kier alpha value is -0.710. The van der Waals surface area contributed by atoms with Gasteiger partial charge in [0.2, 0.25) is 5.91 Å². The van der Waals surface area contributed by atoms with Crippen molar-refractivity contribution in [3.63, 3.8) is 0 Å². The van der Waals surface area contributed by atoms with Crippen LogP contribution in [0.1, 0.15) is 33.6 Å². The van der Waals surface area contributed by atoms with Crippen molar-refractivity contribution < 1.29 is 14.7 Å². The molecular weight excluding hydrogens is 226 g/mol. The van der Waals surface area contributed by atoms with Crippen LogP contribution < -0.4 is 0 Å². The number of nitrogens with zero attached hydrogens (tertiary/aromatic N) is 1. The van der Waals surface area contributed by atoms with Crippen molar-refractivity contribution in [1.29, 1.82) is 0 Å². The Bertz CT molecular complexity index is 302. The van der Waals surface area contributed by atoms with Crippen LogP contribution in [-0.4, -0.2) is 39.6 Å². The predicted octanol–water partition coefficient (Wildman–Crippen LogP) is 1.80. The fraction of sp³-hybridized carbons (Fsp3) is 0.818. The molecule has 0 saturated carbocycles. The normalized spacial score (nSPS) is 25.1. The summed E-state index contributed by atoms with van der Waals surface area (Å²) in [5, 5.41) is 8.96. The summed E-state index contributed by atoms with van der Waals surface area (Å²) >= 11 is 1.57. The van der Waals surface area contributed by atoms with Crippen molar-refractivity contribution in [2.45, 2.75) is 45.0 Å². The first-order valence-electron chi connectivity index (χ1n) is 5.54. The number of carboxylic acids is 1. The maximum atomic E-state index is 12.1. The van der Waals surface area contributed by atoms with Gasteiger partial charge in [-0.05, 0) is 26.0 Å². The van der Waals surface area contributed by atoms with Crippen LogP contribution in [0.5, 0.6) is 0 Å². The zero-order valence-electron chi connectivity index (χ0n) is 10.2. The Kier molecular flexibility index (Phi) is 3.88. The van der Waals surface area contributed by atoms with Crippen LogP contribution in [-0.2, 0) is 9.59 Å². The van der Waals surface area contributed by atoms with Crippen LogP contribution in [0.3, 0.4) is 0 Å². The van der Waals surface area contributed by atoms with Gasteiger partial charge in [-0.15, -0.1) is 11.8 Å². The van der Waals surface area contributed by atoms with E-state index < -0.39 is 12.0 Å². The van der Waals surface area contributed by atoms with Crippen LogP contribution >= 0.6 is 11.8 Å². The minimum absolute atomic E-state index is 0.00102. The van der Waals surface area contributed by atoms with Gasteiger partial charge in [-0.2, -0.15) is 0 Å². The fourth-order valence-electron chi connectivity index (χ4n) is 2.41. The number of aliphatic carboxylic acids is 1. The Labute approximate surface area is 100 Å². The number of carboxylic acid groups (broad SMARTS) is 1. The lowest BCUT2D eigenvalue weighted by Crippen LogP contribution is -2.70. The van der Waals surface area contributed by atoms with Gasteiger partial charge in [-0.3, -0.25) is 4.79 Å². The smallest absolute Gasteiger partial charge is 0.326 e. The van der Waals surface area contributed by atoms with Gasteiger partial charge in [0.1, 0.15) is 6.04 Å². The second-order valence-corrected chi connectivity index (χ2v) is 5.10. The Balaban J connectivity index is 2.94. The number of carbonyl (C=O) groups is 2. The molecule has 1 saturated heterocycles. The second-order valence-electron chi connectivity index (χ2n) is 4.18. The van der Waals surface area contributed by atoms with Gasteiger partial charge in [0.05, 0.1) is 10.8 Å². The third-order valence-electron chi connectivity index (χ3n) is 3.65. The molecule has 1 aliphatic rings. The Morgan fingerprint density at radius 2 is 2.06 bits per heavy atom. The predicted molar refractivity (Wildman–Crippen MR) is 64.3 cm³/mol. The molecule has 0 aromatic heterocycles. The van der Waals surface area contributed by atoms with E-state index in [-0.39, 0.29) is 16.7 Å². The van der Waals surface area contributed by atoms with E-state index in [1.165, 1.54) is 4.90 Å². The topological polar surface area (TPSA) is 57.6 Å². The van der Waals surface area contributed by atoms with Crippen LogP contribution in [0.4, 0.5) is 0 Å². The first-order chi connectivity index (χ1) is 7.46. The van der Waals surface area contributed by atoms with Crippen LogP contribution in [0.15, 0.2) is 0 Å². The van der Waals surface area contributed by atoms with Gasteiger partial charge in [-0.1, -0.05) is 13.8 Å². The molecular formula is C11H19NO3S. The zero-order chi connectivity index (χ0) is 12.5. The molecule has 2 atom stereocenters. The van der Waals surface area contributed by atoms with Gasteiger partial charge in [0.25, 0.3) is 0 Å². The first-order valence-corrected chi connectivity index (χ1v) is 6.83. The van der Waals surface area contributed by atoms with E-state index in [0.29, 0.717) is 0 Å². The molecule has 5 heteroatoms. The number of carbonyl (C=O) groups excluding carboxylic acids is 1. The molecule has 0 bridgehead atoms. The monoisotopic (exact) mass is 245 g/mol. The van der Waals surface area contributed by atoms with Crippen LogP contribution in [0.25, 0.3) is 0 Å². The molecule has 1 N–H and O–H groups in total. The van der Waals surface area contributed by atoms with Crippen molar-refractivity contribution in [3.05, 3.63) is 0 Å². The standard InChI is InChI=1S/C11H19NO3S/c1-5-11(6-2)9(15)12(10(11)16-4)7(3)8(13)14/h7,10H,5-6H2,1-4H3,(H,13,14). The number of likely N-dealkylation sites (tertiary alicyclic amines) is 1. The summed E-state index contributed by atoms with van der Waals surface area (Å²) in [5.74, 6) is -0.944. The molecule has 0 radical (unpaired) electrons. The van der Waals surface area contributed by atoms with E-state index >= 15 is 0 Å². The number of amides is 1. The van der Waals surface area contributed by atoms with Crippen molar-refractivity contribution in [3.8, 4) is 0 Å². The maximum Gasteiger partial charge on any atom is 0.326 e. The third-order valence-corrected chi connectivity index (χ3v) is 4.77. The molecule has 0 spiro atoms. The summed E-state index contributed by atoms with van der Waals surface area (Å²) in [4.78, 5) is 24.5. The first kappa shape index (κ1) is 13.4. The summed E-state index contributed by atoms with van der Waals surface area (Å²) in [6.07, 6.45) is 3.48. The minimum Gasteiger partial charge on any atom is -0.480 e. The number of thioether (sulfide) groups is 1. The van der Waals surface area contributed by atoms with Crippen LogP contribution in [0, 0.1) is 5.41 Å². The number of β-lactam (4-membered cyclic amide) rings is 1. The van der Waals surface area contributed by atoms with E-state index in [0.717, 1.165) is 12.8 Å². The van der Waals surface area contributed by atoms with Crippen LogP contribution in [0.2, 0.25) is 0 Å². The molecule has 1 fully saturated rings. The molecule has 2 unspecified atom stereocenters. The van der Waals surface area contributed by atoms with Gasteiger partial charge in [-0.25, -0.2) is 4.79 Å². The van der Waals surface area contributed by atoms with Crippen molar-refractivity contribution in [2.24, 2.45) is 5.41 Å². The second kappa shape index (κ2) is 4.65. The highest BCUT2D eigenvalue weighted by atomic mass is 32.2. The zero-order valence-corrected chi connectivity index (χ0v) is 11.0. The van der Waals surface area contributed by atoms with E-state index in [4.69, 9.17) is 5.11 Å². The number of hydrogen-bond donors (Lipinski definition) is 1. The van der Waals surface area contributed by atoms with Crippen molar-refractivity contribution in [2.75, 3.05) is 6.26 Å². The Morgan fingerprint density at radius 3 is 2.38 bits per heavy atom. The quantitative estimate of drug-likeness (QED) is 0.750. The molecule has 92 valence electrons. The molecule has 0 aliphatic carbocycles. The highest BCUT2D eigenvalue weighted by Crippen LogP contribution is 2.50. The lowest BCUT2D eigenvalue weighted by atomic mass is 9.73. The molecule has 16 heavy (non-hydrogen) atoms. The third kappa shape index (κ3) is 1.61. The molecule has 0 aromatic rings. The summed E-state index contributed by atoms with van der Waals surface area (Å²) < 4.78 is 0. The lowest BCUT2D eigenvalue weighted by molar-refractivity contribution is -0.175. The molecule has 1 amide bonds. The van der Waals surface area contributed by atoms with Gasteiger partial charge in [0, 0.05) is 0 Å². The largest absolute Gasteiger partial charge is 0.480 e. The molecule has 1 rings (SSSR count). The summed E-state index contributed by atoms with van der Waals surface area (Å²) in [6, 6.07) is -0.726. The molecule has 1 aliphatic heterocycles. The fourth-order valence-corrected chi connectivity index (χ4v) is 3.80. The average molecular weight is 245 g/mol. The SMILES string of the molecule is CCC1(CC)C(=O)N(C(C)C(=O)O)C1SC. The van der Waals surface area contributed by atoms with Crippen molar-refractivity contribution in [1.82, 2.24) is 4.90 Å². The van der Waals surface area contributed by atoms with E-state index in [2.05, 4.69) is 0 Å². The minimum atomic E-state index is -0.937. The van der Waals surface area contributed by atoms with E-state index in [9.17, 15) is 9.59 Å². The van der Waals surface area contributed by atoms with Crippen molar-refractivity contribution >= 4 is 23.6 Å². The van der Waals surface area contributed by atoms with Gasteiger partial charge >= 0.3 is 5.97 Å². The molecule has 1 heterocycles. The highest BCUT2D eigenvalue weighted by Gasteiger charge is 2.60. The number of rotatable bonds is 5. The van der Waals surface area contributed by atoms with Gasteiger partial charge < -0.3 is 10.0 Å². The summed E-state index contributed by atoms with van der Waals surface area (Å²) in [6.45, 7) is 5.56. The average Bonchev–Trinajstić information content (AvgIpc) is 2.26. The molecule has 0 aromatic carbocycles. The summed E-state index contributed by atoms with van der Waals surface area (Å²) in [7, 11) is 0. The maximum absolute atomic E-state index is 12.1. The van der Waals surface area contributed by atoms with Gasteiger partial charge in [0.15, 0.2) is 0 Å². The lowest BCUT2D eigenvalue weighted by Gasteiger charge is -2.56. The molecule has 4 nitrogen and oxygen atoms in total. The van der Waals surface area contributed by atoms with E-state index in [1.807, 2.05) is 20.1 Å². The van der Waals surface area contributed by atoms with E-state index in [1.54, 1.807) is 18.7 Å². The Morgan fingerprint density at radius 1 is 1.56 bits per heavy atom.